The number of hydrogen-bond donors (Lipinski definition) is 1. The lowest BCUT2D eigenvalue weighted by atomic mass is 10.1. The van der Waals surface area contributed by atoms with Gasteiger partial charge >= 0.3 is 12.1 Å². The SMILES string of the molecule is Cc1nc(-c2ccc(C(F)(F)F)cc2)sc1C(Cc1ccccc1)Oc1ccc2c(ccn2CC(=O)O)c1. The van der Waals surface area contributed by atoms with Crippen molar-refractivity contribution < 1.29 is 27.8 Å². The number of alkyl halides is 3. The molecule has 1 unspecified atom stereocenters. The van der Waals surface area contributed by atoms with Crippen LogP contribution in [0.1, 0.15) is 27.8 Å². The minimum absolute atomic E-state index is 0.132. The van der Waals surface area contributed by atoms with Gasteiger partial charge in [-0.15, -0.1) is 11.3 Å². The highest BCUT2D eigenvalue weighted by Crippen LogP contribution is 2.38. The van der Waals surface area contributed by atoms with Crippen molar-refractivity contribution in [3.8, 4) is 16.3 Å². The van der Waals surface area contributed by atoms with E-state index in [2.05, 4.69) is 4.98 Å². The Morgan fingerprint density at radius 3 is 2.47 bits per heavy atom. The molecule has 0 saturated heterocycles. The molecule has 3 aromatic carbocycles. The van der Waals surface area contributed by atoms with Gasteiger partial charge in [0.25, 0.3) is 0 Å². The second kappa shape index (κ2) is 10.3. The summed E-state index contributed by atoms with van der Waals surface area (Å²) in [5, 5.41) is 10.6. The number of aryl methyl sites for hydroxylation is 1. The Bertz CT molecular complexity index is 1570. The second-order valence-corrected chi connectivity index (χ2v) is 9.93. The highest BCUT2D eigenvalue weighted by Gasteiger charge is 2.30. The molecule has 0 aliphatic rings. The van der Waals surface area contributed by atoms with Crippen molar-refractivity contribution in [1.82, 2.24) is 9.55 Å². The van der Waals surface area contributed by atoms with Gasteiger partial charge in [-0.25, -0.2) is 4.98 Å². The summed E-state index contributed by atoms with van der Waals surface area (Å²) in [4.78, 5) is 16.7. The fraction of sp³-hybridized carbons (Fsp3) is 0.172. The van der Waals surface area contributed by atoms with Crippen LogP contribution in [0.4, 0.5) is 13.2 Å². The monoisotopic (exact) mass is 536 g/mol. The highest BCUT2D eigenvalue weighted by atomic mass is 32.1. The smallest absolute Gasteiger partial charge is 0.416 e. The van der Waals surface area contributed by atoms with Gasteiger partial charge in [-0.1, -0.05) is 42.5 Å². The normalized spacial score (nSPS) is 12.5. The van der Waals surface area contributed by atoms with E-state index < -0.39 is 23.8 Å². The Morgan fingerprint density at radius 1 is 1.05 bits per heavy atom. The van der Waals surface area contributed by atoms with E-state index in [0.717, 1.165) is 39.2 Å². The van der Waals surface area contributed by atoms with E-state index in [9.17, 15) is 18.0 Å². The number of hydrogen-bond acceptors (Lipinski definition) is 4. The second-order valence-electron chi connectivity index (χ2n) is 8.90. The zero-order valence-electron chi connectivity index (χ0n) is 20.3. The number of carboxylic acids is 1. The van der Waals surface area contributed by atoms with Crippen molar-refractivity contribution in [2.24, 2.45) is 0 Å². The topological polar surface area (TPSA) is 64.4 Å². The molecule has 194 valence electrons. The fourth-order valence-electron chi connectivity index (χ4n) is 4.35. The number of benzene rings is 3. The van der Waals surface area contributed by atoms with Crippen LogP contribution in [-0.2, 0) is 23.9 Å². The summed E-state index contributed by atoms with van der Waals surface area (Å²) in [6.07, 6.45) is -2.49. The average Bonchev–Trinajstić information content (AvgIpc) is 3.46. The molecule has 9 heteroatoms. The quantitative estimate of drug-likeness (QED) is 0.223. The first-order valence-electron chi connectivity index (χ1n) is 11.8. The molecular weight excluding hydrogens is 513 g/mol. The maximum Gasteiger partial charge on any atom is 0.416 e. The van der Waals surface area contributed by atoms with Crippen LogP contribution < -0.4 is 4.74 Å². The van der Waals surface area contributed by atoms with Gasteiger partial charge in [0.15, 0.2) is 0 Å². The van der Waals surface area contributed by atoms with Crippen LogP contribution in [0.15, 0.2) is 85.1 Å². The van der Waals surface area contributed by atoms with Crippen molar-refractivity contribution in [1.29, 1.82) is 0 Å². The molecule has 5 nitrogen and oxygen atoms in total. The van der Waals surface area contributed by atoms with Crippen LogP contribution in [0.3, 0.4) is 0 Å². The number of halogens is 3. The average molecular weight is 537 g/mol. The molecule has 0 radical (unpaired) electrons. The fourth-order valence-corrected chi connectivity index (χ4v) is 5.45. The number of aliphatic carboxylic acids is 1. The van der Waals surface area contributed by atoms with Crippen molar-refractivity contribution in [3.63, 3.8) is 0 Å². The van der Waals surface area contributed by atoms with E-state index in [1.165, 1.54) is 23.5 Å². The van der Waals surface area contributed by atoms with E-state index in [1.54, 1.807) is 10.8 Å². The van der Waals surface area contributed by atoms with Crippen LogP contribution in [0.5, 0.6) is 5.75 Å². The summed E-state index contributed by atoms with van der Waals surface area (Å²) in [5.41, 5.74) is 2.51. The zero-order valence-corrected chi connectivity index (χ0v) is 21.1. The van der Waals surface area contributed by atoms with Gasteiger partial charge in [-0.3, -0.25) is 4.79 Å². The van der Waals surface area contributed by atoms with Crippen molar-refractivity contribution >= 4 is 28.2 Å². The van der Waals surface area contributed by atoms with Crippen LogP contribution in [0, 0.1) is 6.92 Å². The van der Waals surface area contributed by atoms with Gasteiger partial charge in [0.05, 0.1) is 16.1 Å². The molecule has 0 spiro atoms. The largest absolute Gasteiger partial charge is 0.484 e. The third kappa shape index (κ3) is 5.57. The van der Waals surface area contributed by atoms with Crippen LogP contribution >= 0.6 is 11.3 Å². The first kappa shape index (κ1) is 25.5. The summed E-state index contributed by atoms with van der Waals surface area (Å²) in [5.74, 6) is -0.300. The van der Waals surface area contributed by atoms with Gasteiger partial charge in [0.2, 0.25) is 0 Å². The zero-order chi connectivity index (χ0) is 26.9. The molecule has 0 saturated carbocycles. The summed E-state index contributed by atoms with van der Waals surface area (Å²) >= 11 is 1.40. The maximum absolute atomic E-state index is 13.0. The molecule has 1 atom stereocenters. The minimum atomic E-state index is -4.40. The Balaban J connectivity index is 1.47. The van der Waals surface area contributed by atoms with Crippen LogP contribution in [0.2, 0.25) is 0 Å². The van der Waals surface area contributed by atoms with E-state index in [-0.39, 0.29) is 6.54 Å². The maximum atomic E-state index is 13.0. The lowest BCUT2D eigenvalue weighted by molar-refractivity contribution is -0.138. The first-order valence-corrected chi connectivity index (χ1v) is 12.7. The number of nitrogens with zero attached hydrogens (tertiary/aromatic N) is 2. The lowest BCUT2D eigenvalue weighted by Gasteiger charge is -2.19. The third-order valence-corrected chi connectivity index (χ3v) is 7.47. The molecule has 5 rings (SSSR count). The molecular formula is C29H23F3N2O3S. The molecule has 0 aliphatic carbocycles. The third-order valence-electron chi connectivity index (χ3n) is 6.17. The number of rotatable bonds is 8. The van der Waals surface area contributed by atoms with Crippen LogP contribution in [0.25, 0.3) is 21.5 Å². The van der Waals surface area contributed by atoms with Gasteiger partial charge in [-0.2, -0.15) is 13.2 Å². The van der Waals surface area contributed by atoms with Crippen LogP contribution in [-0.4, -0.2) is 20.6 Å². The Labute approximate surface area is 220 Å². The molecule has 5 aromatic rings. The van der Waals surface area contributed by atoms with Crippen molar-refractivity contribution in [2.45, 2.75) is 32.2 Å². The van der Waals surface area contributed by atoms with E-state index >= 15 is 0 Å². The Hall–Kier alpha value is -4.11. The molecule has 0 bridgehead atoms. The molecule has 2 heterocycles. The molecule has 38 heavy (non-hydrogen) atoms. The lowest BCUT2D eigenvalue weighted by Crippen LogP contribution is -2.11. The van der Waals surface area contributed by atoms with Gasteiger partial charge < -0.3 is 14.4 Å². The Morgan fingerprint density at radius 2 is 1.79 bits per heavy atom. The van der Waals surface area contributed by atoms with Gasteiger partial charge in [0.1, 0.15) is 23.4 Å². The van der Waals surface area contributed by atoms with Gasteiger partial charge in [-0.05, 0) is 48.9 Å². The molecule has 2 aromatic heterocycles. The predicted molar refractivity (Wildman–Crippen MR) is 140 cm³/mol. The number of carboxylic acid groups (broad SMARTS) is 1. The standard InChI is InChI=1S/C29H23F3N2O3S/c1-18-27(38-28(33-18)20-7-9-22(10-8-20)29(30,31)32)25(15-19-5-3-2-4-6-19)37-23-11-12-24-21(16-23)13-14-34(24)17-26(35)36/h2-14,16,25H,15,17H2,1H3,(H,35,36). The van der Waals surface area contributed by atoms with E-state index in [0.29, 0.717) is 22.7 Å². The number of aromatic nitrogens is 2. The number of thiazole rings is 1. The van der Waals surface area contributed by atoms with E-state index in [4.69, 9.17) is 9.84 Å². The van der Waals surface area contributed by atoms with E-state index in [1.807, 2.05) is 61.5 Å². The minimum Gasteiger partial charge on any atom is -0.484 e. The molecule has 0 aliphatic heterocycles. The predicted octanol–water partition coefficient (Wildman–Crippen LogP) is 7.54. The van der Waals surface area contributed by atoms with Crippen molar-refractivity contribution in [3.05, 3.63) is 107 Å². The summed E-state index contributed by atoms with van der Waals surface area (Å²) < 4.78 is 47.2. The summed E-state index contributed by atoms with van der Waals surface area (Å²) in [6.45, 7) is 1.74. The summed E-state index contributed by atoms with van der Waals surface area (Å²) in [7, 11) is 0. The summed E-state index contributed by atoms with van der Waals surface area (Å²) in [6, 6.07) is 22.2. The number of fused-ring (bicyclic) bond motifs is 1. The molecule has 1 N–H and O–H groups in total. The molecule has 0 fully saturated rings. The number of ether oxygens (including phenoxy) is 1. The number of carbonyl (C=O) groups is 1. The Kier molecular flexibility index (Phi) is 6.94. The van der Waals surface area contributed by atoms with Crippen molar-refractivity contribution in [2.75, 3.05) is 0 Å². The first-order chi connectivity index (χ1) is 18.2. The van der Waals surface area contributed by atoms with Gasteiger partial charge in [0, 0.05) is 29.1 Å². The highest BCUT2D eigenvalue weighted by molar-refractivity contribution is 7.15. The molecule has 0 amide bonds.